The van der Waals surface area contributed by atoms with E-state index in [0.29, 0.717) is 0 Å². The van der Waals surface area contributed by atoms with Gasteiger partial charge in [0.1, 0.15) is 0 Å². The molecule has 0 aromatic carbocycles. The minimum absolute atomic E-state index is 0.215. The average molecular weight is 216 g/mol. The van der Waals surface area contributed by atoms with Gasteiger partial charge in [-0.05, 0) is 6.92 Å². The van der Waals surface area contributed by atoms with Crippen LogP contribution >= 0.6 is 0 Å². The van der Waals surface area contributed by atoms with E-state index in [1.54, 1.807) is 0 Å². The van der Waals surface area contributed by atoms with Crippen LogP contribution in [-0.2, 0) is 14.3 Å². The van der Waals surface area contributed by atoms with Gasteiger partial charge >= 0.3 is 23.9 Å². The van der Waals surface area contributed by atoms with E-state index in [1.165, 1.54) is 0 Å². The Hall–Kier alpha value is -1.47. The van der Waals surface area contributed by atoms with Crippen molar-refractivity contribution < 1.29 is 37.3 Å². The molecule has 1 N–H and O–H groups in total. The van der Waals surface area contributed by atoms with E-state index in [0.717, 1.165) is 7.11 Å². The summed E-state index contributed by atoms with van der Waals surface area (Å²) in [7, 11) is 0.765. The third kappa shape index (κ3) is 2.27. The summed E-state index contributed by atoms with van der Waals surface area (Å²) in [6.45, 7) is 0.215. The lowest BCUT2D eigenvalue weighted by Crippen LogP contribution is -2.52. The van der Waals surface area contributed by atoms with E-state index in [9.17, 15) is 22.8 Å². The van der Waals surface area contributed by atoms with Gasteiger partial charge in [0.15, 0.2) is 0 Å². The highest BCUT2D eigenvalue weighted by Crippen LogP contribution is 2.33. The van der Waals surface area contributed by atoms with Gasteiger partial charge in [-0.25, -0.2) is 9.59 Å². The van der Waals surface area contributed by atoms with Crippen LogP contribution in [0.1, 0.15) is 6.92 Å². The Morgan fingerprint density at radius 3 is 1.93 bits per heavy atom. The molecule has 0 heterocycles. The summed E-state index contributed by atoms with van der Waals surface area (Å²) in [6.07, 6.45) is -6.93. The van der Waals surface area contributed by atoms with E-state index in [1.807, 2.05) is 0 Å². The maximum absolute atomic E-state index is 12.1. The molecule has 1 atom stereocenters. The molecule has 0 spiro atoms. The van der Waals surface area contributed by atoms with Crippen LogP contribution < -0.4 is 0 Å². The molecule has 0 saturated heterocycles. The van der Waals surface area contributed by atoms with Crippen LogP contribution in [0.5, 0.6) is 0 Å². The highest BCUT2D eigenvalue weighted by Gasteiger charge is 2.61. The van der Waals surface area contributed by atoms with Crippen molar-refractivity contribution >= 4 is 12.1 Å². The van der Waals surface area contributed by atoms with Crippen molar-refractivity contribution in [3.05, 3.63) is 0 Å². The highest BCUT2D eigenvalue weighted by molar-refractivity contribution is 5.80. The number of methoxy groups -OCH3 is 1. The molecule has 14 heavy (non-hydrogen) atoms. The van der Waals surface area contributed by atoms with Crippen molar-refractivity contribution in [2.45, 2.75) is 18.7 Å². The molecule has 0 aliphatic carbocycles. The van der Waals surface area contributed by atoms with Crippen molar-refractivity contribution in [1.29, 1.82) is 0 Å². The summed E-state index contributed by atoms with van der Waals surface area (Å²) in [5.41, 5.74) is -3.60. The van der Waals surface area contributed by atoms with E-state index in [4.69, 9.17) is 5.11 Å². The van der Waals surface area contributed by atoms with Crippen molar-refractivity contribution in [3.63, 3.8) is 0 Å². The predicted octanol–water partition coefficient (Wildman–Crippen LogP) is 1.18. The summed E-state index contributed by atoms with van der Waals surface area (Å²) >= 11 is 0. The monoisotopic (exact) mass is 216 g/mol. The topological polar surface area (TPSA) is 72.8 Å². The number of halogens is 3. The number of hydrogen-bond donors (Lipinski definition) is 1. The summed E-state index contributed by atoms with van der Waals surface area (Å²) in [5.74, 6) is -2.32. The zero-order chi connectivity index (χ0) is 11.6. The number of hydrogen-bond acceptors (Lipinski definition) is 4. The second-order valence-electron chi connectivity index (χ2n) is 2.39. The van der Waals surface area contributed by atoms with E-state index in [2.05, 4.69) is 9.47 Å². The number of alkyl halides is 3. The third-order valence-corrected chi connectivity index (χ3v) is 1.40. The summed E-state index contributed by atoms with van der Waals surface area (Å²) in [6, 6.07) is 0. The van der Waals surface area contributed by atoms with Crippen LogP contribution in [0.25, 0.3) is 0 Å². The number of carbonyl (C=O) groups excluding carboxylic acids is 1. The highest BCUT2D eigenvalue weighted by atomic mass is 19.4. The molecule has 0 aliphatic heterocycles. The average Bonchev–Trinajstić information content (AvgIpc) is 2.01. The molecule has 0 amide bonds. The normalized spacial score (nSPS) is 15.5. The zero-order valence-electron chi connectivity index (χ0n) is 7.21. The number of rotatable bonds is 2. The zero-order valence-corrected chi connectivity index (χ0v) is 7.21. The lowest BCUT2D eigenvalue weighted by molar-refractivity contribution is -0.256. The van der Waals surface area contributed by atoms with E-state index >= 15 is 0 Å². The second kappa shape index (κ2) is 3.72. The lowest BCUT2D eigenvalue weighted by Gasteiger charge is -2.26. The fourth-order valence-corrected chi connectivity index (χ4v) is 0.431. The smallest absolute Gasteiger partial charge is 0.478 e. The molecule has 82 valence electrons. The minimum atomic E-state index is -5.22. The Morgan fingerprint density at radius 1 is 1.29 bits per heavy atom. The first-order valence-corrected chi connectivity index (χ1v) is 3.22. The molecule has 0 rings (SSSR count). The van der Waals surface area contributed by atoms with E-state index < -0.39 is 23.9 Å². The first kappa shape index (κ1) is 12.5. The van der Waals surface area contributed by atoms with Gasteiger partial charge in [-0.15, -0.1) is 0 Å². The van der Waals surface area contributed by atoms with Crippen LogP contribution in [0, 0.1) is 0 Å². The summed E-state index contributed by atoms with van der Waals surface area (Å²) < 4.78 is 43.8. The largest absolute Gasteiger partial charge is 0.509 e. The molecule has 8 heteroatoms. The molecule has 0 bridgehead atoms. The number of carboxylic acids is 1. The van der Waals surface area contributed by atoms with Gasteiger partial charge in [0.25, 0.3) is 0 Å². The van der Waals surface area contributed by atoms with Crippen molar-refractivity contribution in [1.82, 2.24) is 0 Å². The molecule has 5 nitrogen and oxygen atoms in total. The van der Waals surface area contributed by atoms with Crippen LogP contribution in [-0.4, -0.2) is 36.1 Å². The van der Waals surface area contributed by atoms with Crippen LogP contribution in [0.3, 0.4) is 0 Å². The Bertz CT molecular complexity index is 248. The number of carboxylic acid groups (broad SMARTS) is 1. The van der Waals surface area contributed by atoms with Gasteiger partial charge in [-0.1, -0.05) is 0 Å². The molecule has 0 saturated carbocycles. The Balaban J connectivity index is 4.93. The van der Waals surface area contributed by atoms with Crippen LogP contribution in [0.2, 0.25) is 0 Å². The SMILES string of the molecule is COC(=O)OC(C)(C(=O)O)C(F)(F)F. The molecule has 1 unspecified atom stereocenters. The molecule has 0 aromatic rings. The van der Waals surface area contributed by atoms with Crippen LogP contribution in [0.4, 0.5) is 18.0 Å². The van der Waals surface area contributed by atoms with Crippen LogP contribution in [0.15, 0.2) is 0 Å². The fraction of sp³-hybridized carbons (Fsp3) is 0.667. The molecule has 0 aromatic heterocycles. The van der Waals surface area contributed by atoms with Crippen molar-refractivity contribution in [2.75, 3.05) is 7.11 Å². The Morgan fingerprint density at radius 2 is 1.71 bits per heavy atom. The van der Waals surface area contributed by atoms with Gasteiger partial charge in [-0.2, -0.15) is 13.2 Å². The third-order valence-electron chi connectivity index (χ3n) is 1.40. The standard InChI is InChI=1S/C6H7F3O5/c1-5(3(10)11,6(7,8)9)14-4(12)13-2/h1-2H3,(H,10,11). The number of aliphatic carboxylic acids is 1. The number of carbonyl (C=O) groups is 2. The molecule has 0 aliphatic rings. The second-order valence-corrected chi connectivity index (χ2v) is 2.39. The summed E-state index contributed by atoms with van der Waals surface area (Å²) in [4.78, 5) is 20.6. The lowest BCUT2D eigenvalue weighted by atomic mass is 10.1. The molecular formula is C6H7F3O5. The fourth-order valence-electron chi connectivity index (χ4n) is 0.431. The van der Waals surface area contributed by atoms with Gasteiger partial charge in [-0.3, -0.25) is 0 Å². The maximum Gasteiger partial charge on any atom is 0.509 e. The minimum Gasteiger partial charge on any atom is -0.478 e. The maximum atomic E-state index is 12.1. The number of ether oxygens (including phenoxy) is 2. The van der Waals surface area contributed by atoms with Gasteiger partial charge < -0.3 is 14.6 Å². The summed E-state index contributed by atoms with van der Waals surface area (Å²) in [5, 5.41) is 8.26. The van der Waals surface area contributed by atoms with Gasteiger partial charge in [0.05, 0.1) is 7.11 Å². The Kier molecular flexibility index (Phi) is 3.33. The Labute approximate surface area is 76.4 Å². The van der Waals surface area contributed by atoms with Gasteiger partial charge in [0, 0.05) is 0 Å². The first-order chi connectivity index (χ1) is 6.15. The molecular weight excluding hydrogens is 209 g/mol. The van der Waals surface area contributed by atoms with Crippen molar-refractivity contribution in [3.8, 4) is 0 Å². The first-order valence-electron chi connectivity index (χ1n) is 3.22. The molecule has 0 fully saturated rings. The van der Waals surface area contributed by atoms with E-state index in [-0.39, 0.29) is 6.92 Å². The van der Waals surface area contributed by atoms with Gasteiger partial charge in [0.2, 0.25) is 0 Å². The quantitative estimate of drug-likeness (QED) is 0.701. The van der Waals surface area contributed by atoms with Crippen molar-refractivity contribution in [2.24, 2.45) is 0 Å². The predicted molar refractivity (Wildman–Crippen MR) is 35.6 cm³/mol. The molecule has 0 radical (unpaired) electrons.